The van der Waals surface area contributed by atoms with Crippen LogP contribution in [-0.2, 0) is 0 Å². The van der Waals surface area contributed by atoms with Crippen LogP contribution in [0.5, 0.6) is 0 Å². The molecule has 0 aliphatic carbocycles. The van der Waals surface area contributed by atoms with Crippen molar-refractivity contribution < 1.29 is 9.59 Å². The van der Waals surface area contributed by atoms with Crippen LogP contribution in [0.15, 0.2) is 30.5 Å². The van der Waals surface area contributed by atoms with Crippen LogP contribution in [-0.4, -0.2) is 85.0 Å². The number of rotatable bonds is 6. The molecule has 1 aromatic carbocycles. The topological polar surface area (TPSA) is 60.0 Å². The van der Waals surface area contributed by atoms with Gasteiger partial charge in [0.15, 0.2) is 0 Å². The monoisotopic (exact) mass is 497 g/mol. The fourth-order valence-electron chi connectivity index (χ4n) is 5.39. The molecule has 2 atom stereocenters. The van der Waals surface area contributed by atoms with Crippen molar-refractivity contribution in [1.82, 2.24) is 19.7 Å². The first-order valence-electron chi connectivity index (χ1n) is 12.3. The molecule has 0 bridgehead atoms. The van der Waals surface area contributed by atoms with E-state index in [4.69, 9.17) is 11.6 Å². The molecule has 4 rings (SSSR count). The molecule has 35 heavy (non-hydrogen) atoms. The van der Waals surface area contributed by atoms with Crippen LogP contribution in [0.4, 0.5) is 10.5 Å². The average molecular weight is 498 g/mol. The second-order valence-electron chi connectivity index (χ2n) is 10.2. The zero-order valence-corrected chi connectivity index (χ0v) is 22.2. The van der Waals surface area contributed by atoms with E-state index in [1.165, 1.54) is 0 Å². The summed E-state index contributed by atoms with van der Waals surface area (Å²) in [6, 6.07) is 7.65. The Kier molecular flexibility index (Phi) is 7.67. The molecule has 0 saturated carbocycles. The Hall–Kier alpha value is -2.64. The summed E-state index contributed by atoms with van der Waals surface area (Å²) in [5, 5.41) is 0.669. The summed E-state index contributed by atoms with van der Waals surface area (Å²) in [6.07, 6.45) is 2.64. The van der Waals surface area contributed by atoms with E-state index in [0.717, 1.165) is 67.2 Å². The zero-order chi connectivity index (χ0) is 25.3. The summed E-state index contributed by atoms with van der Waals surface area (Å²) in [5.41, 5.74) is 4.38. The predicted molar refractivity (Wildman–Crippen MR) is 140 cm³/mol. The van der Waals surface area contributed by atoms with Crippen molar-refractivity contribution in [3.63, 3.8) is 0 Å². The lowest BCUT2D eigenvalue weighted by molar-refractivity contribution is 0.0772. The summed E-state index contributed by atoms with van der Waals surface area (Å²) in [6.45, 7) is 11.0. The van der Waals surface area contributed by atoms with Crippen LogP contribution in [0.25, 0.3) is 0 Å². The number of aromatic nitrogens is 1. The van der Waals surface area contributed by atoms with Gasteiger partial charge in [-0.1, -0.05) is 17.7 Å². The van der Waals surface area contributed by atoms with Gasteiger partial charge in [0, 0.05) is 63.7 Å². The van der Waals surface area contributed by atoms with E-state index in [1.54, 1.807) is 30.1 Å². The van der Waals surface area contributed by atoms with Gasteiger partial charge in [-0.15, -0.1) is 0 Å². The molecule has 3 amide bonds. The summed E-state index contributed by atoms with van der Waals surface area (Å²) in [4.78, 5) is 38.2. The quantitative estimate of drug-likeness (QED) is 0.599. The molecular weight excluding hydrogens is 462 g/mol. The molecule has 2 fully saturated rings. The van der Waals surface area contributed by atoms with Gasteiger partial charge >= 0.3 is 6.03 Å². The standard InChI is InChI=1S/C27H36ClN5O2/c1-18-7-8-23(13-24(18)28)33(27(35)30(4)5)12-6-11-31-14-21-16-32(17-22(21)15-31)26(34)25-19(2)9-10-29-20(25)3/h7-10,13,21-22H,6,11-12,14-17H2,1-5H3. The number of hydrogen-bond donors (Lipinski definition) is 0. The number of pyridine rings is 1. The SMILES string of the molecule is Cc1ccc(N(CCCN2CC3CN(C(=O)c4c(C)ccnc4C)CC3C2)C(=O)N(C)C)cc1Cl. The maximum Gasteiger partial charge on any atom is 0.323 e. The highest BCUT2D eigenvalue weighted by Gasteiger charge is 2.42. The highest BCUT2D eigenvalue weighted by atomic mass is 35.5. The fourth-order valence-corrected chi connectivity index (χ4v) is 5.57. The molecule has 2 aliphatic heterocycles. The maximum atomic E-state index is 13.2. The molecule has 2 aliphatic rings. The van der Waals surface area contributed by atoms with Crippen molar-refractivity contribution in [2.45, 2.75) is 27.2 Å². The third-order valence-electron chi connectivity index (χ3n) is 7.35. The van der Waals surface area contributed by atoms with E-state index in [2.05, 4.69) is 9.88 Å². The second-order valence-corrected chi connectivity index (χ2v) is 10.6. The number of likely N-dealkylation sites (tertiary alicyclic amines) is 2. The van der Waals surface area contributed by atoms with Gasteiger partial charge in [-0.3, -0.25) is 14.7 Å². The first-order valence-corrected chi connectivity index (χ1v) is 12.7. The lowest BCUT2D eigenvalue weighted by atomic mass is 10.0. The number of nitrogens with zero attached hydrogens (tertiary/aromatic N) is 5. The maximum absolute atomic E-state index is 13.2. The van der Waals surface area contributed by atoms with E-state index < -0.39 is 0 Å². The smallest absolute Gasteiger partial charge is 0.323 e. The number of halogens is 1. The van der Waals surface area contributed by atoms with Crippen molar-refractivity contribution in [2.24, 2.45) is 11.8 Å². The molecule has 7 nitrogen and oxygen atoms in total. The Bertz CT molecular complexity index is 1070. The Morgan fingerprint density at radius 2 is 1.71 bits per heavy atom. The molecule has 0 radical (unpaired) electrons. The van der Waals surface area contributed by atoms with E-state index >= 15 is 0 Å². The minimum absolute atomic E-state index is 0.0432. The summed E-state index contributed by atoms with van der Waals surface area (Å²) in [5.74, 6) is 1.13. The van der Waals surface area contributed by atoms with Crippen LogP contribution in [0, 0.1) is 32.6 Å². The van der Waals surface area contributed by atoms with Gasteiger partial charge < -0.3 is 14.7 Å². The van der Waals surface area contributed by atoms with E-state index in [0.29, 0.717) is 23.4 Å². The van der Waals surface area contributed by atoms with Crippen molar-refractivity contribution in [3.8, 4) is 0 Å². The van der Waals surface area contributed by atoms with Crippen LogP contribution in [0.2, 0.25) is 5.02 Å². The van der Waals surface area contributed by atoms with Gasteiger partial charge in [0.05, 0.1) is 11.3 Å². The van der Waals surface area contributed by atoms with Gasteiger partial charge in [-0.2, -0.15) is 0 Å². The molecular formula is C27H36ClN5O2. The molecule has 8 heteroatoms. The van der Waals surface area contributed by atoms with Gasteiger partial charge in [0.25, 0.3) is 5.91 Å². The molecule has 0 spiro atoms. The fraction of sp³-hybridized carbons (Fsp3) is 0.519. The highest BCUT2D eigenvalue weighted by molar-refractivity contribution is 6.31. The number of anilines is 1. The van der Waals surface area contributed by atoms with Crippen LogP contribution < -0.4 is 4.90 Å². The lowest BCUT2D eigenvalue weighted by Crippen LogP contribution is -2.41. The molecule has 0 N–H and O–H groups in total. The van der Waals surface area contributed by atoms with Gasteiger partial charge in [0.2, 0.25) is 0 Å². The van der Waals surface area contributed by atoms with Crippen LogP contribution >= 0.6 is 11.6 Å². The number of benzene rings is 1. The Labute approximate surface area is 213 Å². The third-order valence-corrected chi connectivity index (χ3v) is 7.76. The molecule has 2 saturated heterocycles. The normalized spacial score (nSPS) is 19.7. The van der Waals surface area contributed by atoms with Crippen molar-refractivity contribution in [1.29, 1.82) is 0 Å². The van der Waals surface area contributed by atoms with Crippen molar-refractivity contribution in [2.75, 3.05) is 58.3 Å². The first-order chi connectivity index (χ1) is 16.7. The van der Waals surface area contributed by atoms with E-state index in [9.17, 15) is 9.59 Å². The van der Waals surface area contributed by atoms with Crippen molar-refractivity contribution in [3.05, 3.63) is 57.9 Å². The molecule has 188 valence electrons. The summed E-state index contributed by atoms with van der Waals surface area (Å²) in [7, 11) is 3.54. The molecule has 3 heterocycles. The number of hydrogen-bond acceptors (Lipinski definition) is 4. The van der Waals surface area contributed by atoms with Gasteiger partial charge in [0.1, 0.15) is 0 Å². The predicted octanol–water partition coefficient (Wildman–Crippen LogP) is 4.24. The third kappa shape index (κ3) is 5.46. The first kappa shape index (κ1) is 25.5. The minimum atomic E-state index is -0.0432. The van der Waals surface area contributed by atoms with E-state index in [1.807, 2.05) is 49.9 Å². The second kappa shape index (κ2) is 10.5. The van der Waals surface area contributed by atoms with Crippen LogP contribution in [0.1, 0.15) is 33.6 Å². The minimum Gasteiger partial charge on any atom is -0.338 e. The number of fused-ring (bicyclic) bond motifs is 1. The number of urea groups is 1. The van der Waals surface area contributed by atoms with Crippen LogP contribution in [0.3, 0.4) is 0 Å². The largest absolute Gasteiger partial charge is 0.338 e. The Morgan fingerprint density at radius 1 is 1.03 bits per heavy atom. The average Bonchev–Trinajstić information content (AvgIpc) is 3.37. The number of carbonyl (C=O) groups is 2. The number of carbonyl (C=O) groups excluding carboxylic acids is 2. The van der Waals surface area contributed by atoms with Gasteiger partial charge in [-0.25, -0.2) is 4.79 Å². The van der Waals surface area contributed by atoms with Crippen molar-refractivity contribution >= 4 is 29.2 Å². The Morgan fingerprint density at radius 3 is 2.31 bits per heavy atom. The molecule has 2 unspecified atom stereocenters. The molecule has 1 aromatic heterocycles. The highest BCUT2D eigenvalue weighted by Crippen LogP contribution is 2.32. The lowest BCUT2D eigenvalue weighted by Gasteiger charge is -2.28. The number of amides is 3. The summed E-state index contributed by atoms with van der Waals surface area (Å²) < 4.78 is 0. The molecule has 2 aromatic rings. The summed E-state index contributed by atoms with van der Waals surface area (Å²) >= 11 is 6.33. The number of aryl methyl sites for hydroxylation is 3. The Balaban J connectivity index is 1.32. The van der Waals surface area contributed by atoms with Gasteiger partial charge in [-0.05, 0) is 74.9 Å². The zero-order valence-electron chi connectivity index (χ0n) is 21.4. The van der Waals surface area contributed by atoms with E-state index in [-0.39, 0.29) is 11.9 Å².